The third-order valence-corrected chi connectivity index (χ3v) is 4.21. The van der Waals surface area contributed by atoms with Crippen LogP contribution in [0.1, 0.15) is 17.0 Å². The van der Waals surface area contributed by atoms with E-state index in [1.165, 1.54) is 0 Å². The van der Waals surface area contributed by atoms with E-state index in [1.54, 1.807) is 18.2 Å². The maximum absolute atomic E-state index is 12.2. The van der Waals surface area contributed by atoms with Gasteiger partial charge in [-0.25, -0.2) is 13.1 Å². The first-order valence-electron chi connectivity index (χ1n) is 5.99. The van der Waals surface area contributed by atoms with Crippen LogP contribution in [-0.4, -0.2) is 36.1 Å². The van der Waals surface area contributed by atoms with Gasteiger partial charge in [0.25, 0.3) is 0 Å². The highest BCUT2D eigenvalue weighted by Gasteiger charge is 2.16. The van der Waals surface area contributed by atoms with Crippen LogP contribution in [0.2, 0.25) is 0 Å². The van der Waals surface area contributed by atoms with Crippen LogP contribution in [0.5, 0.6) is 0 Å². The smallest absolute Gasteiger partial charge is 0.240 e. The molecule has 1 aromatic carbocycles. The number of aromatic nitrogens is 4. The minimum absolute atomic E-state index is 0.00588. The second kappa shape index (κ2) is 6.07. The molecule has 0 amide bonds. The molecule has 2 aromatic rings. The van der Waals surface area contributed by atoms with Crippen molar-refractivity contribution in [3.8, 4) is 0 Å². The Labute approximate surface area is 117 Å². The summed E-state index contributed by atoms with van der Waals surface area (Å²) in [6.07, 6.45) is 0. The van der Waals surface area contributed by atoms with Crippen LogP contribution in [0.3, 0.4) is 0 Å². The summed E-state index contributed by atoms with van der Waals surface area (Å²) in [5.41, 5.74) is 1.98. The average Bonchev–Trinajstić information content (AvgIpc) is 2.92. The molecule has 1 aromatic heterocycles. The van der Waals surface area contributed by atoms with Gasteiger partial charge in [-0.1, -0.05) is 11.3 Å². The number of aryl methyl sites for hydroxylation is 1. The number of hydrogen-bond acceptors (Lipinski definition) is 6. The molecule has 0 spiro atoms. The second-order valence-corrected chi connectivity index (χ2v) is 6.04. The van der Waals surface area contributed by atoms with E-state index in [-0.39, 0.29) is 17.3 Å². The van der Waals surface area contributed by atoms with Gasteiger partial charge in [0.1, 0.15) is 0 Å². The first kappa shape index (κ1) is 14.6. The number of rotatable bonds is 6. The largest absolute Gasteiger partial charge is 0.316 e. The van der Waals surface area contributed by atoms with Crippen LogP contribution >= 0.6 is 0 Å². The molecule has 9 heteroatoms. The van der Waals surface area contributed by atoms with Crippen molar-refractivity contribution in [2.24, 2.45) is 0 Å². The van der Waals surface area contributed by atoms with Crippen molar-refractivity contribution in [1.82, 2.24) is 30.7 Å². The van der Waals surface area contributed by atoms with Crippen molar-refractivity contribution < 1.29 is 8.42 Å². The van der Waals surface area contributed by atoms with Crippen LogP contribution in [0.25, 0.3) is 0 Å². The maximum atomic E-state index is 12.2. The molecule has 1 heterocycles. The fourth-order valence-electron chi connectivity index (χ4n) is 1.70. The summed E-state index contributed by atoms with van der Waals surface area (Å²) in [5, 5.41) is 16.0. The third-order valence-electron chi connectivity index (χ3n) is 2.81. The van der Waals surface area contributed by atoms with Gasteiger partial charge in [-0.3, -0.25) is 0 Å². The first-order chi connectivity index (χ1) is 9.53. The van der Waals surface area contributed by atoms with Gasteiger partial charge in [0, 0.05) is 6.54 Å². The first-order valence-corrected chi connectivity index (χ1v) is 7.47. The molecule has 0 saturated carbocycles. The zero-order valence-electron chi connectivity index (χ0n) is 11.2. The summed E-state index contributed by atoms with van der Waals surface area (Å²) in [7, 11) is -1.78. The molecule has 108 valence electrons. The molecule has 0 atom stereocenters. The summed E-state index contributed by atoms with van der Waals surface area (Å²) in [5.74, 6) is 0.288. The number of aromatic amines is 1. The number of H-pyrrole nitrogens is 1. The Balaban J connectivity index is 2.18. The van der Waals surface area contributed by atoms with Crippen LogP contribution in [0, 0.1) is 6.92 Å². The molecule has 0 radical (unpaired) electrons. The van der Waals surface area contributed by atoms with Gasteiger partial charge in [0.05, 0.1) is 11.4 Å². The monoisotopic (exact) mass is 296 g/mol. The van der Waals surface area contributed by atoms with E-state index >= 15 is 0 Å². The molecule has 0 bridgehead atoms. The van der Waals surface area contributed by atoms with E-state index in [1.807, 2.05) is 14.0 Å². The molecular weight excluding hydrogens is 280 g/mol. The number of hydrogen-bond donors (Lipinski definition) is 3. The zero-order chi connectivity index (χ0) is 14.6. The third kappa shape index (κ3) is 3.38. The minimum Gasteiger partial charge on any atom is -0.316 e. The standard InChI is InChI=1S/C11H16N6O2S/c1-8-3-4-10(5-9(8)6-12-2)20(18,19)13-7-11-14-16-17-15-11/h3-5,12-13H,6-7H2,1-2H3,(H,14,15,16,17). The van der Waals surface area contributed by atoms with Gasteiger partial charge in [-0.2, -0.15) is 5.21 Å². The zero-order valence-corrected chi connectivity index (χ0v) is 12.0. The number of nitrogens with one attached hydrogen (secondary N) is 3. The normalized spacial score (nSPS) is 11.7. The van der Waals surface area contributed by atoms with E-state index in [0.29, 0.717) is 6.54 Å². The summed E-state index contributed by atoms with van der Waals surface area (Å²) in [6.45, 7) is 2.55. The summed E-state index contributed by atoms with van der Waals surface area (Å²) >= 11 is 0. The fourth-order valence-corrected chi connectivity index (χ4v) is 2.73. The predicted molar refractivity (Wildman–Crippen MR) is 72.1 cm³/mol. The molecule has 0 saturated heterocycles. The Hall–Kier alpha value is -1.84. The number of tetrazole rings is 1. The molecule has 0 aliphatic rings. The molecule has 3 N–H and O–H groups in total. The molecular formula is C11H16N6O2S. The Kier molecular flexibility index (Phi) is 4.42. The Morgan fingerprint density at radius 3 is 2.75 bits per heavy atom. The second-order valence-electron chi connectivity index (χ2n) is 4.27. The quantitative estimate of drug-likeness (QED) is 0.675. The van der Waals surface area contributed by atoms with E-state index in [9.17, 15) is 8.42 Å². The van der Waals surface area contributed by atoms with Crippen LogP contribution in [0.4, 0.5) is 0 Å². The van der Waals surface area contributed by atoms with Crippen molar-refractivity contribution in [3.63, 3.8) is 0 Å². The molecule has 0 fully saturated rings. The molecule has 0 unspecified atom stereocenters. The van der Waals surface area contributed by atoms with E-state index < -0.39 is 10.0 Å². The van der Waals surface area contributed by atoms with E-state index in [0.717, 1.165) is 11.1 Å². The lowest BCUT2D eigenvalue weighted by Gasteiger charge is -2.09. The van der Waals surface area contributed by atoms with Gasteiger partial charge >= 0.3 is 0 Å². The highest BCUT2D eigenvalue weighted by atomic mass is 32.2. The maximum Gasteiger partial charge on any atom is 0.240 e. The fraction of sp³-hybridized carbons (Fsp3) is 0.364. The van der Waals surface area contributed by atoms with E-state index in [4.69, 9.17) is 0 Å². The molecule has 2 rings (SSSR count). The van der Waals surface area contributed by atoms with Gasteiger partial charge < -0.3 is 5.32 Å². The number of sulfonamides is 1. The molecule has 0 aliphatic carbocycles. The SMILES string of the molecule is CNCc1cc(S(=O)(=O)NCc2nn[nH]n2)ccc1C. The highest BCUT2D eigenvalue weighted by molar-refractivity contribution is 7.89. The van der Waals surface area contributed by atoms with Crippen LogP contribution in [-0.2, 0) is 23.1 Å². The lowest BCUT2D eigenvalue weighted by molar-refractivity contribution is 0.579. The number of nitrogens with zero attached hydrogens (tertiary/aromatic N) is 3. The Morgan fingerprint density at radius 1 is 1.30 bits per heavy atom. The Morgan fingerprint density at radius 2 is 2.10 bits per heavy atom. The van der Waals surface area contributed by atoms with Crippen molar-refractivity contribution in [3.05, 3.63) is 35.2 Å². The lowest BCUT2D eigenvalue weighted by atomic mass is 10.1. The average molecular weight is 296 g/mol. The van der Waals surface area contributed by atoms with Gasteiger partial charge in [-0.15, -0.1) is 10.2 Å². The topological polar surface area (TPSA) is 113 Å². The Bertz CT molecular complexity index is 668. The molecule has 20 heavy (non-hydrogen) atoms. The summed E-state index contributed by atoms with van der Waals surface area (Å²) in [4.78, 5) is 0.219. The van der Waals surface area contributed by atoms with Crippen molar-refractivity contribution >= 4 is 10.0 Å². The van der Waals surface area contributed by atoms with Gasteiger partial charge in [0.15, 0.2) is 5.82 Å². The summed E-state index contributed by atoms with van der Waals surface area (Å²) < 4.78 is 26.8. The van der Waals surface area contributed by atoms with Crippen molar-refractivity contribution in [2.45, 2.75) is 24.9 Å². The van der Waals surface area contributed by atoms with Crippen molar-refractivity contribution in [1.29, 1.82) is 0 Å². The number of benzene rings is 1. The van der Waals surface area contributed by atoms with E-state index in [2.05, 4.69) is 30.7 Å². The highest BCUT2D eigenvalue weighted by Crippen LogP contribution is 2.15. The molecule has 8 nitrogen and oxygen atoms in total. The van der Waals surface area contributed by atoms with Gasteiger partial charge in [0.2, 0.25) is 10.0 Å². The summed E-state index contributed by atoms with van der Waals surface area (Å²) in [6, 6.07) is 5.02. The minimum atomic E-state index is -3.59. The predicted octanol–water partition coefficient (Wildman–Crippen LogP) is -0.294. The van der Waals surface area contributed by atoms with Crippen molar-refractivity contribution in [2.75, 3.05) is 7.05 Å². The lowest BCUT2D eigenvalue weighted by Crippen LogP contribution is -2.24. The van der Waals surface area contributed by atoms with Gasteiger partial charge in [-0.05, 0) is 37.2 Å². The van der Waals surface area contributed by atoms with Crippen LogP contribution in [0.15, 0.2) is 23.1 Å². The molecule has 0 aliphatic heterocycles. The van der Waals surface area contributed by atoms with Crippen LogP contribution < -0.4 is 10.0 Å².